The van der Waals surface area contributed by atoms with Gasteiger partial charge in [0, 0.05) is 23.2 Å². The van der Waals surface area contributed by atoms with E-state index < -0.39 is 4.92 Å². The van der Waals surface area contributed by atoms with Gasteiger partial charge in [0.1, 0.15) is 18.1 Å². The predicted molar refractivity (Wildman–Crippen MR) is 108 cm³/mol. The Bertz CT molecular complexity index is 1140. The molecule has 1 heterocycles. The van der Waals surface area contributed by atoms with Gasteiger partial charge in [-0.15, -0.1) is 0 Å². The van der Waals surface area contributed by atoms with E-state index in [9.17, 15) is 14.9 Å². The second kappa shape index (κ2) is 7.77. The average Bonchev–Trinajstić information content (AvgIpc) is 3.02. The molecule has 6 nitrogen and oxygen atoms in total. The first kappa shape index (κ1) is 18.7. The number of ketones is 1. The second-order valence-electron chi connectivity index (χ2n) is 6.36. The fourth-order valence-electron chi connectivity index (χ4n) is 2.89. The van der Waals surface area contributed by atoms with E-state index in [2.05, 4.69) is 0 Å². The van der Waals surface area contributed by atoms with Crippen molar-refractivity contribution >= 4 is 29.1 Å². The van der Waals surface area contributed by atoms with Crippen molar-refractivity contribution in [3.8, 4) is 11.5 Å². The van der Waals surface area contributed by atoms with Crippen molar-refractivity contribution in [2.24, 2.45) is 0 Å². The number of Topliss-reactive ketones (excluding diaryl/α,β-unsaturated/α-hetero) is 1. The molecule has 0 unspecified atom stereocenters. The highest BCUT2D eigenvalue weighted by molar-refractivity contribution is 6.30. The Balaban J connectivity index is 1.50. The van der Waals surface area contributed by atoms with Crippen LogP contribution in [0.25, 0.3) is 6.08 Å². The number of allylic oxidation sites excluding steroid dienone is 1. The van der Waals surface area contributed by atoms with Crippen LogP contribution in [0.3, 0.4) is 0 Å². The summed E-state index contributed by atoms with van der Waals surface area (Å²) in [5.41, 5.74) is 1.97. The Morgan fingerprint density at radius 1 is 1.07 bits per heavy atom. The number of benzene rings is 3. The predicted octanol–water partition coefficient (Wildman–Crippen LogP) is 5.44. The molecular weight excluding hydrogens is 394 g/mol. The van der Waals surface area contributed by atoms with Gasteiger partial charge in [0.15, 0.2) is 5.76 Å². The highest BCUT2D eigenvalue weighted by atomic mass is 35.5. The molecule has 3 aromatic carbocycles. The summed E-state index contributed by atoms with van der Waals surface area (Å²) in [4.78, 5) is 22.8. The van der Waals surface area contributed by atoms with E-state index in [1.807, 2.05) is 18.2 Å². The Labute approximate surface area is 171 Å². The molecule has 0 aromatic heterocycles. The Morgan fingerprint density at radius 2 is 1.86 bits per heavy atom. The van der Waals surface area contributed by atoms with Crippen LogP contribution in [-0.4, -0.2) is 10.7 Å². The summed E-state index contributed by atoms with van der Waals surface area (Å²) in [5.74, 6) is 0.875. The van der Waals surface area contributed by atoms with Gasteiger partial charge in [0.2, 0.25) is 5.78 Å². The summed E-state index contributed by atoms with van der Waals surface area (Å²) in [6.07, 6.45) is 1.55. The van der Waals surface area contributed by atoms with E-state index in [4.69, 9.17) is 21.1 Å². The first-order chi connectivity index (χ1) is 14.0. The first-order valence-electron chi connectivity index (χ1n) is 8.69. The number of fused-ring (bicyclic) bond motifs is 1. The van der Waals surface area contributed by atoms with Crippen LogP contribution in [0.1, 0.15) is 21.5 Å². The van der Waals surface area contributed by atoms with Crippen LogP contribution < -0.4 is 9.47 Å². The summed E-state index contributed by atoms with van der Waals surface area (Å²) < 4.78 is 11.5. The first-order valence-corrected chi connectivity index (χ1v) is 9.07. The van der Waals surface area contributed by atoms with E-state index >= 15 is 0 Å². The van der Waals surface area contributed by atoms with E-state index in [1.54, 1.807) is 42.5 Å². The quantitative estimate of drug-likeness (QED) is 0.319. The van der Waals surface area contributed by atoms with Gasteiger partial charge in [0.05, 0.1) is 10.5 Å². The van der Waals surface area contributed by atoms with Crippen LogP contribution in [-0.2, 0) is 6.61 Å². The lowest BCUT2D eigenvalue weighted by Crippen LogP contribution is -1.98. The summed E-state index contributed by atoms with van der Waals surface area (Å²) >= 11 is 5.97. The van der Waals surface area contributed by atoms with E-state index in [0.29, 0.717) is 34.3 Å². The van der Waals surface area contributed by atoms with Gasteiger partial charge in [-0.25, -0.2) is 0 Å². The van der Waals surface area contributed by atoms with Crippen molar-refractivity contribution in [1.82, 2.24) is 0 Å². The maximum atomic E-state index is 12.5. The maximum absolute atomic E-state index is 12.5. The minimum Gasteiger partial charge on any atom is -0.489 e. The molecule has 7 heteroatoms. The Hall–Kier alpha value is -3.64. The second-order valence-corrected chi connectivity index (χ2v) is 6.80. The number of halogens is 1. The number of hydrogen-bond donors (Lipinski definition) is 0. The van der Waals surface area contributed by atoms with Crippen molar-refractivity contribution in [2.45, 2.75) is 6.61 Å². The van der Waals surface area contributed by atoms with Gasteiger partial charge in [-0.1, -0.05) is 23.7 Å². The van der Waals surface area contributed by atoms with Crippen molar-refractivity contribution in [3.05, 3.63) is 104 Å². The number of non-ortho nitro benzene ring substituents is 1. The highest BCUT2D eigenvalue weighted by Crippen LogP contribution is 2.35. The molecule has 0 radical (unpaired) electrons. The molecule has 3 aromatic rings. The molecule has 0 amide bonds. The molecule has 144 valence electrons. The third-order valence-corrected chi connectivity index (χ3v) is 4.57. The fourth-order valence-corrected chi connectivity index (χ4v) is 3.11. The molecule has 0 N–H and O–H groups in total. The average molecular weight is 408 g/mol. The number of carbonyl (C=O) groups excluding carboxylic acids is 1. The molecule has 1 aliphatic rings. The minimum absolute atomic E-state index is 0.0180. The number of hydrogen-bond acceptors (Lipinski definition) is 5. The van der Waals surface area contributed by atoms with Gasteiger partial charge in [-0.3, -0.25) is 14.9 Å². The number of nitro benzene ring substituents is 1. The third-order valence-electron chi connectivity index (χ3n) is 4.34. The van der Waals surface area contributed by atoms with Gasteiger partial charge in [-0.05, 0) is 53.6 Å². The van der Waals surface area contributed by atoms with Gasteiger partial charge >= 0.3 is 0 Å². The zero-order valence-electron chi connectivity index (χ0n) is 15.0. The molecule has 0 fully saturated rings. The lowest BCUT2D eigenvalue weighted by atomic mass is 10.1. The molecule has 4 rings (SSSR count). The lowest BCUT2D eigenvalue weighted by molar-refractivity contribution is -0.384. The topological polar surface area (TPSA) is 78.7 Å². The monoisotopic (exact) mass is 407 g/mol. The molecule has 0 atom stereocenters. The zero-order valence-corrected chi connectivity index (χ0v) is 15.8. The number of nitro groups is 1. The molecular formula is C22H14ClNO5. The highest BCUT2D eigenvalue weighted by Gasteiger charge is 2.27. The Kier molecular flexibility index (Phi) is 5.01. The zero-order chi connectivity index (χ0) is 20.4. The van der Waals surface area contributed by atoms with E-state index in [0.717, 1.165) is 5.56 Å². The smallest absolute Gasteiger partial charge is 0.269 e. The van der Waals surface area contributed by atoms with Crippen molar-refractivity contribution in [1.29, 1.82) is 0 Å². The molecule has 1 aliphatic heterocycles. The summed E-state index contributed by atoms with van der Waals surface area (Å²) in [7, 11) is 0. The van der Waals surface area contributed by atoms with Crippen molar-refractivity contribution < 1.29 is 19.2 Å². The van der Waals surface area contributed by atoms with Crippen LogP contribution in [0.2, 0.25) is 5.02 Å². The van der Waals surface area contributed by atoms with Crippen LogP contribution in [0, 0.1) is 10.1 Å². The molecule has 0 bridgehead atoms. The molecule has 0 aliphatic carbocycles. The van der Waals surface area contributed by atoms with Gasteiger partial charge in [0.25, 0.3) is 5.69 Å². The van der Waals surface area contributed by atoms with E-state index in [1.165, 1.54) is 12.1 Å². The number of rotatable bonds is 5. The van der Waals surface area contributed by atoms with Crippen LogP contribution in [0.15, 0.2) is 72.5 Å². The number of ether oxygens (including phenoxy) is 2. The van der Waals surface area contributed by atoms with Crippen molar-refractivity contribution in [2.75, 3.05) is 0 Å². The number of nitrogens with zero attached hydrogens (tertiary/aromatic N) is 1. The normalized spacial score (nSPS) is 13.8. The molecule has 0 spiro atoms. The van der Waals surface area contributed by atoms with Crippen LogP contribution in [0.5, 0.6) is 11.5 Å². The largest absolute Gasteiger partial charge is 0.489 e. The summed E-state index contributed by atoms with van der Waals surface area (Å²) in [5, 5.41) is 11.4. The molecule has 0 saturated heterocycles. The number of carbonyl (C=O) groups is 1. The lowest BCUT2D eigenvalue weighted by Gasteiger charge is -2.07. The molecule has 0 saturated carbocycles. The van der Waals surface area contributed by atoms with Gasteiger partial charge in [-0.2, -0.15) is 0 Å². The SMILES string of the molecule is O=C1C(=Cc2ccc([N+](=O)[O-])cc2)Oc2cc(OCc3cccc(Cl)c3)ccc21. The van der Waals surface area contributed by atoms with Crippen LogP contribution >= 0.6 is 11.6 Å². The van der Waals surface area contributed by atoms with E-state index in [-0.39, 0.29) is 17.2 Å². The Morgan fingerprint density at radius 3 is 2.59 bits per heavy atom. The van der Waals surface area contributed by atoms with Gasteiger partial charge < -0.3 is 9.47 Å². The fraction of sp³-hybridized carbons (Fsp3) is 0.0455. The standard InChI is InChI=1S/C22H14ClNO5/c23-16-3-1-2-15(10-16)13-28-18-8-9-19-20(12-18)29-21(22(19)25)11-14-4-6-17(7-5-14)24(26)27/h1-12H,13H2. The summed E-state index contributed by atoms with van der Waals surface area (Å²) in [6, 6.07) is 18.3. The maximum Gasteiger partial charge on any atom is 0.269 e. The summed E-state index contributed by atoms with van der Waals surface area (Å²) in [6.45, 7) is 0.332. The molecule has 29 heavy (non-hydrogen) atoms. The third kappa shape index (κ3) is 4.12. The van der Waals surface area contributed by atoms with Crippen molar-refractivity contribution in [3.63, 3.8) is 0 Å². The van der Waals surface area contributed by atoms with Crippen LogP contribution in [0.4, 0.5) is 5.69 Å². The minimum atomic E-state index is -0.477.